The quantitative estimate of drug-likeness (QED) is 0.884. The van der Waals surface area contributed by atoms with Crippen LogP contribution in [-0.4, -0.2) is 44.3 Å². The molecule has 0 aromatic carbocycles. The molecule has 2 aliphatic rings. The molecule has 0 aliphatic carbocycles. The van der Waals surface area contributed by atoms with E-state index in [4.69, 9.17) is 0 Å². The van der Waals surface area contributed by atoms with Gasteiger partial charge >= 0.3 is 5.97 Å². The van der Waals surface area contributed by atoms with E-state index >= 15 is 0 Å². The van der Waals surface area contributed by atoms with E-state index in [0.29, 0.717) is 18.7 Å². The van der Waals surface area contributed by atoms with Crippen molar-refractivity contribution in [2.24, 2.45) is 0 Å². The topological polar surface area (TPSA) is 75.4 Å². The predicted octanol–water partition coefficient (Wildman–Crippen LogP) is 1.30. The number of fused-ring (bicyclic) bond motifs is 1. The zero-order valence-electron chi connectivity index (χ0n) is 11.4. The molecule has 20 heavy (non-hydrogen) atoms. The Morgan fingerprint density at radius 3 is 2.80 bits per heavy atom. The fourth-order valence-electron chi connectivity index (χ4n) is 3.12. The minimum atomic E-state index is -0.910. The Hall–Kier alpha value is -1.85. The van der Waals surface area contributed by atoms with Crippen molar-refractivity contribution in [1.82, 2.24) is 14.7 Å². The third kappa shape index (κ3) is 2.30. The first-order valence-electron chi connectivity index (χ1n) is 7.27. The third-order valence-electron chi connectivity index (χ3n) is 4.18. The lowest BCUT2D eigenvalue weighted by Crippen LogP contribution is -2.44. The number of aromatic nitrogens is 2. The molecule has 6 nitrogen and oxygen atoms in total. The zero-order valence-corrected chi connectivity index (χ0v) is 11.4. The second-order valence-electron chi connectivity index (χ2n) is 5.55. The fraction of sp³-hybridized carbons (Fsp3) is 0.643. The monoisotopic (exact) mass is 277 g/mol. The maximum atomic E-state index is 12.6. The second-order valence-corrected chi connectivity index (χ2v) is 5.55. The molecule has 1 N–H and O–H groups in total. The van der Waals surface area contributed by atoms with Crippen molar-refractivity contribution in [1.29, 1.82) is 0 Å². The van der Waals surface area contributed by atoms with Crippen LogP contribution in [-0.2, 0) is 17.8 Å². The van der Waals surface area contributed by atoms with Gasteiger partial charge in [-0.25, -0.2) is 4.79 Å². The van der Waals surface area contributed by atoms with Gasteiger partial charge in [-0.05, 0) is 31.7 Å². The summed E-state index contributed by atoms with van der Waals surface area (Å²) in [5, 5.41) is 13.6. The standard InChI is InChI=1S/C14H19N3O3/c18-13(11-9-10-5-4-8-17(10)15-11)16-7-3-1-2-6-12(16)14(19)20/h9,12H,1-8H2,(H,19,20). The van der Waals surface area contributed by atoms with E-state index in [1.165, 1.54) is 4.90 Å². The van der Waals surface area contributed by atoms with Crippen molar-refractivity contribution in [2.45, 2.75) is 51.1 Å². The van der Waals surface area contributed by atoms with Crippen LogP contribution in [0.25, 0.3) is 0 Å². The summed E-state index contributed by atoms with van der Waals surface area (Å²) < 4.78 is 1.86. The largest absolute Gasteiger partial charge is 0.480 e. The van der Waals surface area contributed by atoms with Gasteiger partial charge in [0.2, 0.25) is 0 Å². The smallest absolute Gasteiger partial charge is 0.326 e. The SMILES string of the molecule is O=C(O)C1CCCCCN1C(=O)c1cc2n(n1)CCC2. The number of likely N-dealkylation sites (tertiary alicyclic amines) is 1. The number of rotatable bonds is 2. The number of amides is 1. The highest BCUT2D eigenvalue weighted by molar-refractivity contribution is 5.95. The van der Waals surface area contributed by atoms with Gasteiger partial charge in [-0.15, -0.1) is 0 Å². The lowest BCUT2D eigenvalue weighted by molar-refractivity contribution is -0.142. The molecule has 1 aromatic rings. The van der Waals surface area contributed by atoms with Gasteiger partial charge in [-0.1, -0.05) is 12.8 Å². The molecule has 0 spiro atoms. The summed E-state index contributed by atoms with van der Waals surface area (Å²) in [6.07, 6.45) is 5.26. The maximum absolute atomic E-state index is 12.6. The Morgan fingerprint density at radius 2 is 2.05 bits per heavy atom. The van der Waals surface area contributed by atoms with Gasteiger partial charge in [0.1, 0.15) is 6.04 Å². The first-order valence-corrected chi connectivity index (χ1v) is 7.27. The van der Waals surface area contributed by atoms with Crippen molar-refractivity contribution in [3.05, 3.63) is 17.5 Å². The van der Waals surface area contributed by atoms with Crippen LogP contribution in [0.2, 0.25) is 0 Å². The molecule has 1 saturated heterocycles. The van der Waals surface area contributed by atoms with Crippen molar-refractivity contribution in [2.75, 3.05) is 6.54 Å². The number of aliphatic carboxylic acids is 1. The molecule has 0 radical (unpaired) electrons. The molecule has 1 fully saturated rings. The highest BCUT2D eigenvalue weighted by Gasteiger charge is 2.33. The number of aryl methyl sites for hydroxylation is 2. The Balaban J connectivity index is 1.84. The lowest BCUT2D eigenvalue weighted by atomic mass is 10.1. The van der Waals surface area contributed by atoms with Gasteiger partial charge in [0, 0.05) is 18.8 Å². The Kier molecular flexibility index (Phi) is 3.46. The van der Waals surface area contributed by atoms with E-state index in [0.717, 1.165) is 44.3 Å². The van der Waals surface area contributed by atoms with Crippen LogP contribution >= 0.6 is 0 Å². The van der Waals surface area contributed by atoms with E-state index < -0.39 is 12.0 Å². The highest BCUT2D eigenvalue weighted by atomic mass is 16.4. The van der Waals surface area contributed by atoms with Gasteiger partial charge in [0.15, 0.2) is 5.69 Å². The molecule has 1 atom stereocenters. The number of hydrogen-bond donors (Lipinski definition) is 1. The van der Waals surface area contributed by atoms with Crippen LogP contribution in [0.1, 0.15) is 48.3 Å². The average molecular weight is 277 g/mol. The molecular formula is C14H19N3O3. The normalized spacial score (nSPS) is 22.4. The van der Waals surface area contributed by atoms with Crippen molar-refractivity contribution >= 4 is 11.9 Å². The molecular weight excluding hydrogens is 258 g/mol. The van der Waals surface area contributed by atoms with Gasteiger partial charge < -0.3 is 10.0 Å². The molecule has 6 heteroatoms. The van der Waals surface area contributed by atoms with E-state index in [1.54, 1.807) is 0 Å². The number of carbonyl (C=O) groups is 2. The van der Waals surface area contributed by atoms with Gasteiger partial charge in [-0.3, -0.25) is 9.48 Å². The molecule has 1 amide bonds. The van der Waals surface area contributed by atoms with Crippen LogP contribution in [0, 0.1) is 0 Å². The molecule has 0 saturated carbocycles. The molecule has 0 bridgehead atoms. The minimum Gasteiger partial charge on any atom is -0.480 e. The van der Waals surface area contributed by atoms with Gasteiger partial charge in [0.05, 0.1) is 0 Å². The summed E-state index contributed by atoms with van der Waals surface area (Å²) in [5.74, 6) is -1.15. The summed E-state index contributed by atoms with van der Waals surface area (Å²) in [6, 6.07) is 1.11. The van der Waals surface area contributed by atoms with Crippen molar-refractivity contribution < 1.29 is 14.7 Å². The Morgan fingerprint density at radius 1 is 1.20 bits per heavy atom. The number of carboxylic acids is 1. The number of hydrogen-bond acceptors (Lipinski definition) is 3. The van der Waals surface area contributed by atoms with Crippen molar-refractivity contribution in [3.63, 3.8) is 0 Å². The van der Waals surface area contributed by atoms with Crippen LogP contribution in [0.15, 0.2) is 6.07 Å². The third-order valence-corrected chi connectivity index (χ3v) is 4.18. The predicted molar refractivity (Wildman–Crippen MR) is 71.5 cm³/mol. The molecule has 1 aromatic heterocycles. The van der Waals surface area contributed by atoms with Gasteiger partial charge in [0.25, 0.3) is 5.91 Å². The summed E-state index contributed by atoms with van der Waals surface area (Å²) in [5.41, 5.74) is 1.47. The van der Waals surface area contributed by atoms with Gasteiger partial charge in [-0.2, -0.15) is 5.10 Å². The van der Waals surface area contributed by atoms with Crippen LogP contribution in [0.3, 0.4) is 0 Å². The zero-order chi connectivity index (χ0) is 14.1. The summed E-state index contributed by atoms with van der Waals surface area (Å²) >= 11 is 0. The van der Waals surface area contributed by atoms with E-state index in [-0.39, 0.29) is 5.91 Å². The van der Waals surface area contributed by atoms with Crippen LogP contribution in [0.5, 0.6) is 0 Å². The number of nitrogens with zero attached hydrogens (tertiary/aromatic N) is 3. The van der Waals surface area contributed by atoms with E-state index in [9.17, 15) is 14.7 Å². The Bertz CT molecular complexity index is 516. The minimum absolute atomic E-state index is 0.235. The summed E-state index contributed by atoms with van der Waals surface area (Å²) in [7, 11) is 0. The second kappa shape index (κ2) is 5.26. The Labute approximate surface area is 117 Å². The lowest BCUT2D eigenvalue weighted by Gasteiger charge is -2.26. The summed E-state index contributed by atoms with van der Waals surface area (Å²) in [4.78, 5) is 25.4. The van der Waals surface area contributed by atoms with E-state index in [2.05, 4.69) is 5.10 Å². The van der Waals surface area contributed by atoms with Crippen LogP contribution in [0.4, 0.5) is 0 Å². The van der Waals surface area contributed by atoms with Crippen LogP contribution < -0.4 is 0 Å². The fourth-order valence-corrected chi connectivity index (χ4v) is 3.12. The molecule has 3 rings (SSSR count). The van der Waals surface area contributed by atoms with E-state index in [1.807, 2.05) is 10.7 Å². The molecule has 3 heterocycles. The average Bonchev–Trinajstić information content (AvgIpc) is 2.90. The first-order chi connectivity index (χ1) is 9.66. The molecule has 1 unspecified atom stereocenters. The highest BCUT2D eigenvalue weighted by Crippen LogP contribution is 2.21. The first kappa shape index (κ1) is 13.1. The maximum Gasteiger partial charge on any atom is 0.326 e. The molecule has 108 valence electrons. The number of carbonyl (C=O) groups excluding carboxylic acids is 1. The number of carboxylic acid groups (broad SMARTS) is 1. The van der Waals surface area contributed by atoms with Crippen molar-refractivity contribution in [3.8, 4) is 0 Å². The summed E-state index contributed by atoms with van der Waals surface area (Å²) in [6.45, 7) is 1.36. The molecule has 2 aliphatic heterocycles.